The second-order valence-corrected chi connectivity index (χ2v) is 5.96. The highest BCUT2D eigenvalue weighted by molar-refractivity contribution is 5.81. The molecular formula is C20H17N3O5. The summed E-state index contributed by atoms with van der Waals surface area (Å²) in [7, 11) is 1.31. The molecule has 0 saturated heterocycles. The number of allylic oxidation sites excluding steroid dienone is 1. The highest BCUT2D eigenvalue weighted by Crippen LogP contribution is 2.37. The molecule has 0 aliphatic carbocycles. The van der Waals surface area contributed by atoms with Gasteiger partial charge in [-0.3, -0.25) is 14.9 Å². The summed E-state index contributed by atoms with van der Waals surface area (Å²) in [5.41, 5.74) is 1.27. The Hall–Kier alpha value is -3.94. The third-order valence-corrected chi connectivity index (χ3v) is 4.05. The summed E-state index contributed by atoms with van der Waals surface area (Å²) in [6.45, 7) is 0. The van der Waals surface area contributed by atoms with Crippen LogP contribution in [0.4, 0.5) is 5.69 Å². The topological polar surface area (TPSA) is 118 Å². The molecule has 0 spiro atoms. The first-order chi connectivity index (χ1) is 13.5. The predicted octanol–water partition coefficient (Wildman–Crippen LogP) is 3.18. The molecule has 0 saturated carbocycles. The summed E-state index contributed by atoms with van der Waals surface area (Å²) >= 11 is 0. The normalized spacial score (nSPS) is 11.2. The zero-order chi connectivity index (χ0) is 20.1. The Labute approximate surface area is 159 Å². The molecule has 28 heavy (non-hydrogen) atoms. The lowest BCUT2D eigenvalue weighted by Gasteiger charge is -2.09. The molecule has 0 atom stereocenters. The van der Waals surface area contributed by atoms with Crippen LogP contribution in [0.5, 0.6) is 11.5 Å². The number of aromatic amines is 1. The molecule has 0 amide bonds. The molecule has 0 radical (unpaired) electrons. The average molecular weight is 379 g/mol. The van der Waals surface area contributed by atoms with Gasteiger partial charge >= 0.3 is 5.69 Å². The van der Waals surface area contributed by atoms with Crippen LogP contribution >= 0.6 is 0 Å². The summed E-state index contributed by atoms with van der Waals surface area (Å²) in [4.78, 5) is 29.2. The van der Waals surface area contributed by atoms with Gasteiger partial charge in [-0.25, -0.2) is 4.98 Å². The van der Waals surface area contributed by atoms with Gasteiger partial charge in [-0.2, -0.15) is 0 Å². The summed E-state index contributed by atoms with van der Waals surface area (Å²) in [6, 6.07) is 13.6. The molecule has 1 aromatic heterocycles. The van der Waals surface area contributed by atoms with Gasteiger partial charge in [0.2, 0.25) is 5.75 Å². The molecule has 0 aliphatic rings. The molecule has 2 N–H and O–H groups in total. The molecule has 0 aliphatic heterocycles. The number of nitro groups is 1. The number of aromatic nitrogens is 2. The van der Waals surface area contributed by atoms with E-state index < -0.39 is 16.4 Å². The number of hydrogen-bond donors (Lipinski definition) is 2. The van der Waals surface area contributed by atoms with Gasteiger partial charge in [-0.15, -0.1) is 0 Å². The second-order valence-electron chi connectivity index (χ2n) is 5.96. The van der Waals surface area contributed by atoms with Crippen LogP contribution in [0.15, 0.2) is 59.5 Å². The second kappa shape index (κ2) is 8.17. The number of nitrogens with zero attached hydrogens (tertiary/aromatic N) is 2. The van der Waals surface area contributed by atoms with E-state index in [2.05, 4.69) is 9.97 Å². The first kappa shape index (κ1) is 18.8. The van der Waals surface area contributed by atoms with Crippen molar-refractivity contribution in [2.75, 3.05) is 7.11 Å². The first-order valence-corrected chi connectivity index (χ1v) is 8.33. The van der Waals surface area contributed by atoms with Crippen LogP contribution in [0, 0.1) is 10.1 Å². The smallest absolute Gasteiger partial charge is 0.315 e. The van der Waals surface area contributed by atoms with Crippen molar-refractivity contribution in [3.05, 3.63) is 92.1 Å². The Morgan fingerprint density at radius 3 is 2.68 bits per heavy atom. The number of methoxy groups -OCH3 is 1. The van der Waals surface area contributed by atoms with Crippen LogP contribution in [-0.4, -0.2) is 27.1 Å². The number of phenols is 1. The van der Waals surface area contributed by atoms with Crippen LogP contribution in [0.25, 0.3) is 11.6 Å². The maximum absolute atomic E-state index is 11.7. The van der Waals surface area contributed by atoms with Gasteiger partial charge in [0.25, 0.3) is 5.56 Å². The van der Waals surface area contributed by atoms with E-state index in [9.17, 15) is 20.0 Å². The molecule has 2 aromatic carbocycles. The van der Waals surface area contributed by atoms with Gasteiger partial charge in [0, 0.05) is 24.8 Å². The molecular weight excluding hydrogens is 362 g/mol. The van der Waals surface area contributed by atoms with Crippen molar-refractivity contribution in [1.82, 2.24) is 9.97 Å². The molecule has 3 aromatic rings. The lowest BCUT2D eigenvalue weighted by molar-refractivity contribution is -0.386. The minimum atomic E-state index is -0.686. The number of rotatable bonds is 6. The van der Waals surface area contributed by atoms with E-state index in [4.69, 9.17) is 4.74 Å². The molecule has 0 fully saturated rings. The Morgan fingerprint density at radius 2 is 2.04 bits per heavy atom. The van der Waals surface area contributed by atoms with Crippen molar-refractivity contribution in [2.24, 2.45) is 0 Å². The highest BCUT2D eigenvalue weighted by atomic mass is 16.6. The van der Waals surface area contributed by atoms with Crippen LogP contribution in [-0.2, 0) is 6.42 Å². The molecule has 8 nitrogen and oxygen atoms in total. The van der Waals surface area contributed by atoms with E-state index in [0.717, 1.165) is 5.56 Å². The minimum absolute atomic E-state index is 0.0194. The number of benzene rings is 2. The van der Waals surface area contributed by atoms with E-state index in [0.29, 0.717) is 23.4 Å². The zero-order valence-corrected chi connectivity index (χ0v) is 15.0. The van der Waals surface area contributed by atoms with Gasteiger partial charge in [0.15, 0.2) is 5.75 Å². The Kier molecular flexibility index (Phi) is 5.50. The standard InChI is InChI=1S/C20H17N3O5/c1-28-17-12-14(11-16(19(17)25)23(26)27)10-15(9-13-5-3-2-4-6-13)20-21-8-7-18(24)22-20/h2-8,10-12,25H,9H2,1H3,(H,21,22,24)/b15-10-. The number of aromatic hydroxyl groups is 1. The summed E-state index contributed by atoms with van der Waals surface area (Å²) in [5, 5.41) is 21.2. The fraction of sp³-hybridized carbons (Fsp3) is 0.100. The Bertz CT molecular complexity index is 1090. The van der Waals surface area contributed by atoms with Crippen LogP contribution in [0.1, 0.15) is 17.0 Å². The van der Waals surface area contributed by atoms with Gasteiger partial charge < -0.3 is 14.8 Å². The van der Waals surface area contributed by atoms with E-state index >= 15 is 0 Å². The monoisotopic (exact) mass is 379 g/mol. The SMILES string of the molecule is COc1cc(/C=C(/Cc2ccccc2)c2nccc(=O)[nH]2)cc([N+](=O)[O-])c1O. The van der Waals surface area contributed by atoms with Gasteiger partial charge in [0.05, 0.1) is 12.0 Å². The van der Waals surface area contributed by atoms with Crippen LogP contribution in [0.2, 0.25) is 0 Å². The van der Waals surface area contributed by atoms with Crippen LogP contribution in [0.3, 0.4) is 0 Å². The maximum Gasteiger partial charge on any atom is 0.315 e. The molecule has 142 valence electrons. The fourth-order valence-corrected chi connectivity index (χ4v) is 2.75. The minimum Gasteiger partial charge on any atom is -0.500 e. The van der Waals surface area contributed by atoms with Crippen molar-refractivity contribution in [3.8, 4) is 11.5 Å². The van der Waals surface area contributed by atoms with Crippen molar-refractivity contribution in [3.63, 3.8) is 0 Å². The van der Waals surface area contributed by atoms with Crippen molar-refractivity contribution < 1.29 is 14.8 Å². The fourth-order valence-electron chi connectivity index (χ4n) is 2.75. The third kappa shape index (κ3) is 4.24. The molecule has 0 unspecified atom stereocenters. The Morgan fingerprint density at radius 1 is 1.29 bits per heavy atom. The summed E-state index contributed by atoms with van der Waals surface area (Å²) < 4.78 is 5.04. The number of ether oxygens (including phenoxy) is 1. The van der Waals surface area contributed by atoms with E-state index in [1.807, 2.05) is 30.3 Å². The quantitative estimate of drug-likeness (QED) is 0.502. The van der Waals surface area contributed by atoms with E-state index in [-0.39, 0.29) is 11.3 Å². The summed E-state index contributed by atoms with van der Waals surface area (Å²) in [5.74, 6) is -0.208. The summed E-state index contributed by atoms with van der Waals surface area (Å²) in [6.07, 6.45) is 3.50. The molecule has 1 heterocycles. The van der Waals surface area contributed by atoms with E-state index in [1.165, 1.54) is 31.5 Å². The number of phenolic OH excluding ortho intramolecular Hbond substituents is 1. The van der Waals surface area contributed by atoms with Crippen molar-refractivity contribution >= 4 is 17.3 Å². The zero-order valence-electron chi connectivity index (χ0n) is 15.0. The molecule has 0 bridgehead atoms. The average Bonchev–Trinajstić information content (AvgIpc) is 2.69. The number of nitrogens with one attached hydrogen (secondary N) is 1. The number of nitro benzene ring substituents is 1. The first-order valence-electron chi connectivity index (χ1n) is 8.33. The van der Waals surface area contributed by atoms with Gasteiger partial charge in [-0.1, -0.05) is 30.3 Å². The van der Waals surface area contributed by atoms with Gasteiger partial charge in [-0.05, 0) is 28.8 Å². The highest BCUT2D eigenvalue weighted by Gasteiger charge is 2.20. The molecule has 8 heteroatoms. The number of H-pyrrole nitrogens is 1. The van der Waals surface area contributed by atoms with Crippen molar-refractivity contribution in [1.29, 1.82) is 0 Å². The molecule has 3 rings (SSSR count). The van der Waals surface area contributed by atoms with E-state index in [1.54, 1.807) is 6.08 Å². The van der Waals surface area contributed by atoms with Crippen LogP contribution < -0.4 is 10.3 Å². The Balaban J connectivity index is 2.14. The lowest BCUT2D eigenvalue weighted by atomic mass is 10.0. The third-order valence-electron chi connectivity index (χ3n) is 4.05. The van der Waals surface area contributed by atoms with Crippen molar-refractivity contribution in [2.45, 2.75) is 6.42 Å². The number of hydrogen-bond acceptors (Lipinski definition) is 6. The maximum atomic E-state index is 11.7. The largest absolute Gasteiger partial charge is 0.500 e. The predicted molar refractivity (Wildman–Crippen MR) is 104 cm³/mol. The van der Waals surface area contributed by atoms with Gasteiger partial charge in [0.1, 0.15) is 5.82 Å². The lowest BCUT2D eigenvalue weighted by Crippen LogP contribution is -2.09.